The van der Waals surface area contributed by atoms with E-state index in [-0.39, 0.29) is 6.61 Å². The van der Waals surface area contributed by atoms with Gasteiger partial charge in [-0.15, -0.1) is 0 Å². The highest BCUT2D eigenvalue weighted by atomic mass is 19.4. The summed E-state index contributed by atoms with van der Waals surface area (Å²) < 4.78 is 42.5. The summed E-state index contributed by atoms with van der Waals surface area (Å²) in [6.45, 7) is 5.44. The molecule has 3 nitrogen and oxygen atoms in total. The Bertz CT molecular complexity index is 514. The van der Waals surface area contributed by atoms with Gasteiger partial charge in [-0.25, -0.2) is 4.79 Å². The lowest BCUT2D eigenvalue weighted by Gasteiger charge is -2.31. The van der Waals surface area contributed by atoms with Gasteiger partial charge in [0, 0.05) is 0 Å². The van der Waals surface area contributed by atoms with Crippen molar-refractivity contribution in [3.63, 3.8) is 0 Å². The predicted octanol–water partition coefficient (Wildman–Crippen LogP) is 3.23. The molecule has 1 rings (SSSR count). The van der Waals surface area contributed by atoms with E-state index < -0.39 is 24.2 Å². The van der Waals surface area contributed by atoms with E-state index in [0.717, 1.165) is 11.1 Å². The van der Waals surface area contributed by atoms with Gasteiger partial charge in [-0.2, -0.15) is 13.2 Å². The molecule has 1 aromatic carbocycles. The second kappa shape index (κ2) is 6.47. The number of nitrogens with one attached hydrogen (secondary N) is 1. The molecule has 0 bridgehead atoms. The maximum absolute atomic E-state index is 12.5. The van der Waals surface area contributed by atoms with Crippen LogP contribution in [-0.4, -0.2) is 25.3 Å². The summed E-state index contributed by atoms with van der Waals surface area (Å²) in [7, 11) is 0. The van der Waals surface area contributed by atoms with Gasteiger partial charge in [0.15, 0.2) is 0 Å². The van der Waals surface area contributed by atoms with Crippen LogP contribution in [0.5, 0.6) is 0 Å². The molecule has 1 unspecified atom stereocenters. The van der Waals surface area contributed by atoms with Crippen molar-refractivity contribution in [2.45, 2.75) is 39.4 Å². The van der Waals surface area contributed by atoms with E-state index in [1.54, 1.807) is 26.0 Å². The number of halogens is 3. The number of benzene rings is 1. The van der Waals surface area contributed by atoms with E-state index in [1.165, 1.54) is 6.92 Å². The van der Waals surface area contributed by atoms with Gasteiger partial charge in [-0.1, -0.05) is 23.8 Å². The van der Waals surface area contributed by atoms with Crippen LogP contribution in [0.15, 0.2) is 18.2 Å². The summed E-state index contributed by atoms with van der Waals surface area (Å²) in [6.07, 6.45) is -4.41. The van der Waals surface area contributed by atoms with Crippen LogP contribution < -0.4 is 5.32 Å². The Morgan fingerprint density at radius 2 is 1.90 bits per heavy atom. The third-order valence-electron chi connectivity index (χ3n) is 3.26. The molecule has 0 aliphatic rings. The standard InChI is InChI=1S/C15H20F3NO2/c1-5-21-13(20)14(4,19-9-15(16,17)18)12-8-10(2)6-7-11(12)3/h6-8,19H,5,9H2,1-4H3. The fraction of sp³-hybridized carbons (Fsp3) is 0.533. The molecular formula is C15H20F3NO2. The van der Waals surface area contributed by atoms with Crippen molar-refractivity contribution in [3.8, 4) is 0 Å². The number of rotatable bonds is 5. The van der Waals surface area contributed by atoms with Crippen molar-refractivity contribution in [1.82, 2.24) is 5.32 Å². The van der Waals surface area contributed by atoms with Gasteiger partial charge in [0.25, 0.3) is 0 Å². The van der Waals surface area contributed by atoms with Gasteiger partial charge >= 0.3 is 12.1 Å². The monoisotopic (exact) mass is 303 g/mol. The first-order valence-electron chi connectivity index (χ1n) is 6.67. The quantitative estimate of drug-likeness (QED) is 0.849. The van der Waals surface area contributed by atoms with Gasteiger partial charge in [0.1, 0.15) is 5.54 Å². The molecule has 1 aromatic rings. The number of hydrogen-bond donors (Lipinski definition) is 1. The van der Waals surface area contributed by atoms with Crippen molar-refractivity contribution >= 4 is 5.97 Å². The maximum Gasteiger partial charge on any atom is 0.401 e. The largest absolute Gasteiger partial charge is 0.464 e. The van der Waals surface area contributed by atoms with Gasteiger partial charge in [-0.3, -0.25) is 5.32 Å². The number of ether oxygens (including phenoxy) is 1. The van der Waals surface area contributed by atoms with Crippen LogP contribution in [0.25, 0.3) is 0 Å². The third-order valence-corrected chi connectivity index (χ3v) is 3.26. The van der Waals surface area contributed by atoms with Crippen molar-refractivity contribution in [1.29, 1.82) is 0 Å². The van der Waals surface area contributed by atoms with Gasteiger partial charge in [0.2, 0.25) is 0 Å². The van der Waals surface area contributed by atoms with Gasteiger partial charge < -0.3 is 4.74 Å². The minimum Gasteiger partial charge on any atom is -0.464 e. The molecule has 0 fully saturated rings. The zero-order chi connectivity index (χ0) is 16.3. The number of hydrogen-bond acceptors (Lipinski definition) is 3. The molecular weight excluding hydrogens is 283 g/mol. The van der Waals surface area contributed by atoms with Crippen LogP contribution in [0.2, 0.25) is 0 Å². The number of carbonyl (C=O) groups is 1. The zero-order valence-electron chi connectivity index (χ0n) is 12.6. The molecule has 1 atom stereocenters. The highest BCUT2D eigenvalue weighted by molar-refractivity contribution is 5.82. The van der Waals surface area contributed by atoms with E-state index in [1.807, 2.05) is 13.0 Å². The molecule has 1 N–H and O–H groups in total. The van der Waals surface area contributed by atoms with Crippen LogP contribution in [0.3, 0.4) is 0 Å². The van der Waals surface area contributed by atoms with Crippen molar-refractivity contribution in [2.24, 2.45) is 0 Å². The van der Waals surface area contributed by atoms with E-state index in [4.69, 9.17) is 4.74 Å². The fourth-order valence-corrected chi connectivity index (χ4v) is 2.10. The molecule has 0 aromatic heterocycles. The second-order valence-electron chi connectivity index (χ2n) is 5.13. The topological polar surface area (TPSA) is 38.3 Å². The van der Waals surface area contributed by atoms with Crippen LogP contribution in [0, 0.1) is 13.8 Å². The first-order valence-corrected chi connectivity index (χ1v) is 6.67. The summed E-state index contributed by atoms with van der Waals surface area (Å²) in [5, 5.41) is 2.31. The Morgan fingerprint density at radius 3 is 2.43 bits per heavy atom. The summed E-state index contributed by atoms with van der Waals surface area (Å²) in [5.74, 6) is -0.719. The molecule has 118 valence electrons. The minimum absolute atomic E-state index is 0.104. The highest BCUT2D eigenvalue weighted by Gasteiger charge is 2.41. The molecule has 0 saturated carbocycles. The molecule has 0 heterocycles. The Morgan fingerprint density at radius 1 is 1.29 bits per heavy atom. The molecule has 0 amide bonds. The Kier molecular flexibility index (Phi) is 5.39. The predicted molar refractivity (Wildman–Crippen MR) is 74.0 cm³/mol. The lowest BCUT2D eigenvalue weighted by molar-refractivity contribution is -0.155. The average molecular weight is 303 g/mol. The Balaban J connectivity index is 3.23. The van der Waals surface area contributed by atoms with Gasteiger partial charge in [-0.05, 0) is 38.8 Å². The minimum atomic E-state index is -4.41. The van der Waals surface area contributed by atoms with E-state index >= 15 is 0 Å². The van der Waals surface area contributed by atoms with E-state index in [0.29, 0.717) is 5.56 Å². The van der Waals surface area contributed by atoms with Gasteiger partial charge in [0.05, 0.1) is 13.2 Å². The van der Waals surface area contributed by atoms with Crippen molar-refractivity contribution in [3.05, 3.63) is 34.9 Å². The Labute approximate surface area is 122 Å². The molecule has 0 spiro atoms. The lowest BCUT2D eigenvalue weighted by atomic mass is 9.87. The normalized spacial score (nSPS) is 14.6. The highest BCUT2D eigenvalue weighted by Crippen LogP contribution is 2.28. The SMILES string of the molecule is CCOC(=O)C(C)(NCC(F)(F)F)c1cc(C)ccc1C. The number of carbonyl (C=O) groups excluding carboxylic acids is 1. The maximum atomic E-state index is 12.5. The smallest absolute Gasteiger partial charge is 0.401 e. The van der Waals surface area contributed by atoms with Crippen LogP contribution in [0.4, 0.5) is 13.2 Å². The van der Waals surface area contributed by atoms with Crippen LogP contribution >= 0.6 is 0 Å². The molecule has 0 radical (unpaired) electrons. The second-order valence-corrected chi connectivity index (χ2v) is 5.13. The molecule has 6 heteroatoms. The van der Waals surface area contributed by atoms with Crippen LogP contribution in [-0.2, 0) is 15.1 Å². The summed E-state index contributed by atoms with van der Waals surface area (Å²) in [5.41, 5.74) is 0.540. The number of aryl methyl sites for hydroxylation is 2. The molecule has 0 aliphatic heterocycles. The van der Waals surface area contributed by atoms with Crippen LogP contribution in [0.1, 0.15) is 30.5 Å². The number of alkyl halides is 3. The summed E-state index contributed by atoms with van der Waals surface area (Å²) >= 11 is 0. The van der Waals surface area contributed by atoms with Crippen molar-refractivity contribution in [2.75, 3.05) is 13.2 Å². The molecule has 21 heavy (non-hydrogen) atoms. The summed E-state index contributed by atoms with van der Waals surface area (Å²) in [4.78, 5) is 12.2. The van der Waals surface area contributed by atoms with E-state index in [2.05, 4.69) is 5.32 Å². The third kappa shape index (κ3) is 4.46. The van der Waals surface area contributed by atoms with Crippen molar-refractivity contribution < 1.29 is 22.7 Å². The summed E-state index contributed by atoms with van der Waals surface area (Å²) in [6, 6.07) is 5.32. The fourth-order valence-electron chi connectivity index (χ4n) is 2.10. The Hall–Kier alpha value is -1.56. The molecule has 0 aliphatic carbocycles. The first kappa shape index (κ1) is 17.5. The molecule has 0 saturated heterocycles. The lowest BCUT2D eigenvalue weighted by Crippen LogP contribution is -2.51. The first-order chi connectivity index (χ1) is 9.60. The number of esters is 1. The zero-order valence-corrected chi connectivity index (χ0v) is 12.6. The van der Waals surface area contributed by atoms with E-state index in [9.17, 15) is 18.0 Å². The average Bonchev–Trinajstić information content (AvgIpc) is 2.38.